The Hall–Kier alpha value is -0.980. The molecule has 0 spiro atoms. The highest BCUT2D eigenvalue weighted by Crippen LogP contribution is 2.11. The molecule has 1 aromatic heterocycles. The summed E-state index contributed by atoms with van der Waals surface area (Å²) in [7, 11) is 0. The van der Waals surface area contributed by atoms with Crippen LogP contribution in [0.5, 0.6) is 0 Å². The van der Waals surface area contributed by atoms with Gasteiger partial charge in [-0.2, -0.15) is 0 Å². The maximum atomic E-state index is 9.41. The van der Waals surface area contributed by atoms with Gasteiger partial charge in [0.15, 0.2) is 0 Å². The lowest BCUT2D eigenvalue weighted by Crippen LogP contribution is -2.20. The highest BCUT2D eigenvalue weighted by Gasteiger charge is 2.11. The fraction of sp³-hybridized carbons (Fsp3) is 0.750. The molecule has 6 nitrogen and oxygen atoms in total. The van der Waals surface area contributed by atoms with Crippen molar-refractivity contribution in [3.05, 3.63) is 11.9 Å². The highest BCUT2D eigenvalue weighted by molar-refractivity contribution is 4.96. The summed E-state index contributed by atoms with van der Waals surface area (Å²) in [6, 6.07) is 0. The van der Waals surface area contributed by atoms with E-state index in [9.17, 15) is 5.11 Å². The Bertz CT molecular complexity index is 277. The number of aromatic nitrogens is 3. The zero-order valence-electron chi connectivity index (χ0n) is 8.04. The van der Waals surface area contributed by atoms with Crippen molar-refractivity contribution in [2.75, 3.05) is 6.61 Å². The van der Waals surface area contributed by atoms with Gasteiger partial charge >= 0.3 is 0 Å². The van der Waals surface area contributed by atoms with E-state index >= 15 is 0 Å². The summed E-state index contributed by atoms with van der Waals surface area (Å²) in [4.78, 5) is 0. The second kappa shape index (κ2) is 5.04. The minimum absolute atomic E-state index is 0.180. The Morgan fingerprint density at radius 1 is 1.50 bits per heavy atom. The third kappa shape index (κ3) is 2.76. The second-order valence-corrected chi connectivity index (χ2v) is 3.13. The Kier molecular flexibility index (Phi) is 3.99. The summed E-state index contributed by atoms with van der Waals surface area (Å²) in [5.74, 6) is 0. The molecular weight excluding hydrogens is 186 g/mol. The van der Waals surface area contributed by atoms with Crippen LogP contribution in [0.3, 0.4) is 0 Å². The minimum Gasteiger partial charge on any atom is -0.394 e. The van der Waals surface area contributed by atoms with Gasteiger partial charge in [-0.05, 0) is 6.42 Å². The van der Waals surface area contributed by atoms with E-state index in [0.29, 0.717) is 12.1 Å². The molecule has 0 aliphatic rings. The van der Waals surface area contributed by atoms with Crippen molar-refractivity contribution in [1.82, 2.24) is 15.0 Å². The molecule has 2 unspecified atom stereocenters. The van der Waals surface area contributed by atoms with E-state index < -0.39 is 12.2 Å². The van der Waals surface area contributed by atoms with Gasteiger partial charge in [0, 0.05) is 0 Å². The largest absolute Gasteiger partial charge is 0.394 e. The lowest BCUT2D eigenvalue weighted by Gasteiger charge is -2.05. The van der Waals surface area contributed by atoms with E-state index in [1.54, 1.807) is 6.20 Å². The van der Waals surface area contributed by atoms with E-state index in [1.165, 1.54) is 4.68 Å². The molecular formula is C8H15N3O3. The summed E-state index contributed by atoms with van der Waals surface area (Å²) in [5, 5.41) is 34.6. The van der Waals surface area contributed by atoms with Gasteiger partial charge in [0.25, 0.3) is 0 Å². The summed E-state index contributed by atoms with van der Waals surface area (Å²) in [5.41, 5.74) is 0.484. The van der Waals surface area contributed by atoms with Gasteiger partial charge in [-0.3, -0.25) is 0 Å². The van der Waals surface area contributed by atoms with Crippen LogP contribution in [0.4, 0.5) is 0 Å². The topological polar surface area (TPSA) is 91.4 Å². The van der Waals surface area contributed by atoms with E-state index in [1.807, 2.05) is 6.92 Å². The van der Waals surface area contributed by atoms with Crippen LogP contribution >= 0.6 is 0 Å². The first-order chi connectivity index (χ1) is 6.67. The molecule has 0 radical (unpaired) electrons. The minimum atomic E-state index is -0.844. The van der Waals surface area contributed by atoms with Gasteiger partial charge in [0.05, 0.1) is 31.6 Å². The summed E-state index contributed by atoms with van der Waals surface area (Å²) >= 11 is 0. The van der Waals surface area contributed by atoms with E-state index in [4.69, 9.17) is 10.2 Å². The molecule has 0 saturated carbocycles. The SMILES string of the molecule is CCC(O)c1cn(CC(O)CO)nn1. The summed E-state index contributed by atoms with van der Waals surface area (Å²) in [6.45, 7) is 1.71. The number of nitrogens with zero attached hydrogens (tertiary/aromatic N) is 3. The third-order valence-electron chi connectivity index (χ3n) is 1.89. The molecule has 0 bridgehead atoms. The standard InChI is InChI=1S/C8H15N3O3/c1-2-8(14)7-4-11(10-9-7)3-6(13)5-12/h4,6,8,12-14H,2-3,5H2,1H3. The lowest BCUT2D eigenvalue weighted by molar-refractivity contribution is 0.0777. The molecule has 14 heavy (non-hydrogen) atoms. The highest BCUT2D eigenvalue weighted by atomic mass is 16.3. The molecule has 0 amide bonds. The number of aliphatic hydroxyl groups excluding tert-OH is 3. The fourth-order valence-electron chi connectivity index (χ4n) is 1.04. The third-order valence-corrected chi connectivity index (χ3v) is 1.89. The molecule has 0 fully saturated rings. The molecule has 1 aromatic rings. The van der Waals surface area contributed by atoms with Crippen LogP contribution in [0.2, 0.25) is 0 Å². The number of hydrogen-bond acceptors (Lipinski definition) is 5. The van der Waals surface area contributed by atoms with Gasteiger partial charge in [0.2, 0.25) is 0 Å². The molecule has 0 aromatic carbocycles. The Morgan fingerprint density at radius 3 is 2.79 bits per heavy atom. The van der Waals surface area contributed by atoms with Gasteiger partial charge in [-0.25, -0.2) is 4.68 Å². The van der Waals surface area contributed by atoms with Crippen molar-refractivity contribution in [3.8, 4) is 0 Å². The first-order valence-electron chi connectivity index (χ1n) is 4.54. The quantitative estimate of drug-likeness (QED) is 0.572. The lowest BCUT2D eigenvalue weighted by atomic mass is 10.2. The van der Waals surface area contributed by atoms with Crippen molar-refractivity contribution in [1.29, 1.82) is 0 Å². The van der Waals surface area contributed by atoms with Crippen molar-refractivity contribution < 1.29 is 15.3 Å². The Labute approximate surface area is 81.8 Å². The predicted octanol–water partition coefficient (Wildman–Crippen LogP) is -0.925. The maximum Gasteiger partial charge on any atom is 0.111 e. The monoisotopic (exact) mass is 201 g/mol. The van der Waals surface area contributed by atoms with Crippen LogP contribution in [0.15, 0.2) is 6.20 Å². The zero-order valence-corrected chi connectivity index (χ0v) is 8.04. The molecule has 0 saturated heterocycles. The van der Waals surface area contributed by atoms with E-state index in [0.717, 1.165) is 0 Å². The van der Waals surface area contributed by atoms with Gasteiger partial charge in [-0.15, -0.1) is 5.10 Å². The van der Waals surface area contributed by atoms with E-state index in [-0.39, 0.29) is 13.2 Å². The van der Waals surface area contributed by atoms with Crippen LogP contribution < -0.4 is 0 Å². The van der Waals surface area contributed by atoms with E-state index in [2.05, 4.69) is 10.3 Å². The molecule has 0 aliphatic heterocycles. The summed E-state index contributed by atoms with van der Waals surface area (Å²) < 4.78 is 1.40. The Morgan fingerprint density at radius 2 is 2.21 bits per heavy atom. The van der Waals surface area contributed by atoms with Gasteiger partial charge in [0.1, 0.15) is 5.69 Å². The maximum absolute atomic E-state index is 9.41. The van der Waals surface area contributed by atoms with Gasteiger partial charge in [-0.1, -0.05) is 12.1 Å². The average Bonchev–Trinajstić information content (AvgIpc) is 2.65. The smallest absolute Gasteiger partial charge is 0.111 e. The zero-order chi connectivity index (χ0) is 10.6. The molecule has 3 N–H and O–H groups in total. The average molecular weight is 201 g/mol. The predicted molar refractivity (Wildman–Crippen MR) is 48.4 cm³/mol. The normalized spacial score (nSPS) is 15.4. The van der Waals surface area contributed by atoms with Gasteiger partial charge < -0.3 is 15.3 Å². The van der Waals surface area contributed by atoms with Crippen molar-refractivity contribution in [2.24, 2.45) is 0 Å². The number of aliphatic hydroxyl groups is 3. The molecule has 2 atom stereocenters. The second-order valence-electron chi connectivity index (χ2n) is 3.13. The van der Waals surface area contributed by atoms with Crippen LogP contribution in [0, 0.1) is 0 Å². The Balaban J connectivity index is 2.59. The van der Waals surface area contributed by atoms with Crippen molar-refractivity contribution >= 4 is 0 Å². The fourth-order valence-corrected chi connectivity index (χ4v) is 1.04. The molecule has 6 heteroatoms. The summed E-state index contributed by atoms with van der Waals surface area (Å²) in [6.07, 6.45) is 0.673. The molecule has 1 heterocycles. The van der Waals surface area contributed by atoms with Crippen LogP contribution in [-0.2, 0) is 6.54 Å². The number of hydrogen-bond donors (Lipinski definition) is 3. The van der Waals surface area contributed by atoms with Crippen LogP contribution in [-0.4, -0.2) is 43.0 Å². The van der Waals surface area contributed by atoms with Crippen LogP contribution in [0.25, 0.3) is 0 Å². The molecule has 1 rings (SSSR count). The van der Waals surface area contributed by atoms with Crippen molar-refractivity contribution in [3.63, 3.8) is 0 Å². The molecule has 0 aliphatic carbocycles. The first kappa shape index (κ1) is 11.1. The first-order valence-corrected chi connectivity index (χ1v) is 4.54. The van der Waals surface area contributed by atoms with Crippen molar-refractivity contribution in [2.45, 2.75) is 32.1 Å². The van der Waals surface area contributed by atoms with Crippen LogP contribution in [0.1, 0.15) is 25.1 Å². The number of rotatable bonds is 5. The molecule has 80 valence electrons.